The Morgan fingerprint density at radius 3 is 2.67 bits per heavy atom. The normalized spacial score (nSPS) is 16.3. The molecule has 1 aliphatic rings. The summed E-state index contributed by atoms with van der Waals surface area (Å²) in [5.41, 5.74) is 10.5. The first-order chi connectivity index (χ1) is 10.3. The molecule has 2 heteroatoms. The molecular weight excluding hydrogens is 258 g/mol. The van der Waals surface area contributed by atoms with Crippen molar-refractivity contribution < 1.29 is 4.74 Å². The van der Waals surface area contributed by atoms with Gasteiger partial charge in [0, 0.05) is 6.04 Å². The number of benzene rings is 2. The van der Waals surface area contributed by atoms with Crippen molar-refractivity contribution in [3.63, 3.8) is 0 Å². The Hall–Kier alpha value is -1.80. The highest BCUT2D eigenvalue weighted by Crippen LogP contribution is 2.39. The zero-order valence-corrected chi connectivity index (χ0v) is 12.6. The van der Waals surface area contributed by atoms with Crippen molar-refractivity contribution in [1.82, 2.24) is 0 Å². The fourth-order valence-corrected chi connectivity index (χ4v) is 3.10. The minimum absolute atomic E-state index is 0.0499. The zero-order chi connectivity index (χ0) is 14.7. The van der Waals surface area contributed by atoms with Crippen molar-refractivity contribution in [3.05, 3.63) is 65.2 Å². The van der Waals surface area contributed by atoms with Crippen molar-refractivity contribution in [2.45, 2.75) is 37.6 Å². The first kappa shape index (κ1) is 14.2. The fourth-order valence-electron chi connectivity index (χ4n) is 3.10. The van der Waals surface area contributed by atoms with Gasteiger partial charge in [0.05, 0.1) is 7.11 Å². The van der Waals surface area contributed by atoms with E-state index < -0.39 is 0 Å². The predicted octanol–water partition coefficient (Wildman–Crippen LogP) is 4.21. The lowest BCUT2D eigenvalue weighted by atomic mass is 9.77. The Morgan fingerprint density at radius 2 is 1.95 bits per heavy atom. The van der Waals surface area contributed by atoms with Crippen LogP contribution in [0.15, 0.2) is 48.5 Å². The van der Waals surface area contributed by atoms with Gasteiger partial charge in [-0.25, -0.2) is 0 Å². The van der Waals surface area contributed by atoms with Crippen molar-refractivity contribution >= 4 is 0 Å². The molecule has 2 N–H and O–H groups in total. The van der Waals surface area contributed by atoms with Crippen LogP contribution in [0.3, 0.4) is 0 Å². The molecule has 2 aromatic carbocycles. The molecule has 0 saturated heterocycles. The molecule has 0 bridgehead atoms. The van der Waals surface area contributed by atoms with Crippen molar-refractivity contribution in [2.75, 3.05) is 7.11 Å². The van der Waals surface area contributed by atoms with Gasteiger partial charge in [-0.3, -0.25) is 0 Å². The average molecular weight is 281 g/mol. The molecule has 0 heterocycles. The largest absolute Gasteiger partial charge is 0.497 e. The second-order valence-electron chi connectivity index (χ2n) is 5.92. The minimum Gasteiger partial charge on any atom is -0.497 e. The minimum atomic E-state index is 0.0499. The van der Waals surface area contributed by atoms with Crippen LogP contribution in [0, 0.1) is 0 Å². The van der Waals surface area contributed by atoms with Crippen molar-refractivity contribution in [3.8, 4) is 5.75 Å². The van der Waals surface area contributed by atoms with Gasteiger partial charge in [-0.05, 0) is 54.0 Å². The molecule has 21 heavy (non-hydrogen) atoms. The number of nitrogens with two attached hydrogens (primary N) is 1. The summed E-state index contributed by atoms with van der Waals surface area (Å²) >= 11 is 0. The lowest BCUT2D eigenvalue weighted by Crippen LogP contribution is -2.19. The van der Waals surface area contributed by atoms with E-state index in [2.05, 4.69) is 36.4 Å². The molecule has 0 spiro atoms. The molecule has 3 rings (SSSR count). The smallest absolute Gasteiger partial charge is 0.119 e. The standard InChI is InChI=1S/C19H23NO/c1-21-16-9-4-6-14(12-16)13-19(20)18-11-3-2-10-17(18)15-7-5-8-15/h2-4,6,9-12,15,19H,5,7-8,13,20H2,1H3. The fraction of sp³-hybridized carbons (Fsp3) is 0.368. The molecule has 1 aliphatic carbocycles. The van der Waals surface area contributed by atoms with Crippen LogP contribution in [0.1, 0.15) is 47.9 Å². The molecule has 2 nitrogen and oxygen atoms in total. The SMILES string of the molecule is COc1cccc(CC(N)c2ccccc2C2CCC2)c1. The molecule has 0 aromatic heterocycles. The molecule has 1 fully saturated rings. The molecule has 2 aromatic rings. The quantitative estimate of drug-likeness (QED) is 0.891. The van der Waals surface area contributed by atoms with E-state index in [0.29, 0.717) is 0 Å². The zero-order valence-electron chi connectivity index (χ0n) is 12.6. The van der Waals surface area contributed by atoms with E-state index in [1.54, 1.807) is 7.11 Å². The third-order valence-electron chi connectivity index (χ3n) is 4.53. The number of methoxy groups -OCH3 is 1. The number of hydrogen-bond acceptors (Lipinski definition) is 2. The van der Waals surface area contributed by atoms with Gasteiger partial charge in [-0.15, -0.1) is 0 Å². The number of ether oxygens (including phenoxy) is 1. The van der Waals surface area contributed by atoms with E-state index in [1.807, 2.05) is 12.1 Å². The van der Waals surface area contributed by atoms with Crippen LogP contribution in [-0.4, -0.2) is 7.11 Å². The maximum absolute atomic E-state index is 6.50. The molecular formula is C19H23NO. The summed E-state index contributed by atoms with van der Waals surface area (Å²) in [4.78, 5) is 0. The molecule has 0 amide bonds. The topological polar surface area (TPSA) is 35.2 Å². The van der Waals surface area contributed by atoms with E-state index in [0.717, 1.165) is 18.1 Å². The summed E-state index contributed by atoms with van der Waals surface area (Å²) < 4.78 is 5.29. The van der Waals surface area contributed by atoms with E-state index in [1.165, 1.54) is 36.0 Å². The Kier molecular flexibility index (Phi) is 4.26. The summed E-state index contributed by atoms with van der Waals surface area (Å²) in [5, 5.41) is 0. The molecule has 110 valence electrons. The van der Waals surface area contributed by atoms with Gasteiger partial charge in [-0.1, -0.05) is 42.8 Å². The van der Waals surface area contributed by atoms with Crippen LogP contribution in [-0.2, 0) is 6.42 Å². The number of rotatable bonds is 5. The predicted molar refractivity (Wildman–Crippen MR) is 86.7 cm³/mol. The summed E-state index contributed by atoms with van der Waals surface area (Å²) in [5.74, 6) is 1.62. The van der Waals surface area contributed by atoms with Crippen molar-refractivity contribution in [2.24, 2.45) is 5.73 Å². The number of hydrogen-bond donors (Lipinski definition) is 1. The summed E-state index contributed by atoms with van der Waals surface area (Å²) in [6, 6.07) is 16.9. The molecule has 1 unspecified atom stereocenters. The van der Waals surface area contributed by atoms with Gasteiger partial charge in [-0.2, -0.15) is 0 Å². The lowest BCUT2D eigenvalue weighted by molar-refractivity contribution is 0.413. The lowest BCUT2D eigenvalue weighted by Gasteiger charge is -2.29. The molecule has 0 aliphatic heterocycles. The van der Waals surface area contributed by atoms with Gasteiger partial charge < -0.3 is 10.5 Å². The maximum atomic E-state index is 6.50. The molecule has 1 saturated carbocycles. The van der Waals surface area contributed by atoms with E-state index in [-0.39, 0.29) is 6.04 Å². The third-order valence-corrected chi connectivity index (χ3v) is 4.53. The van der Waals surface area contributed by atoms with Crippen molar-refractivity contribution in [1.29, 1.82) is 0 Å². The Morgan fingerprint density at radius 1 is 1.14 bits per heavy atom. The highest BCUT2D eigenvalue weighted by molar-refractivity contribution is 5.36. The third kappa shape index (κ3) is 3.11. The van der Waals surface area contributed by atoms with Crippen LogP contribution in [0.4, 0.5) is 0 Å². The second kappa shape index (κ2) is 6.31. The van der Waals surface area contributed by atoms with Crippen LogP contribution in [0.25, 0.3) is 0 Å². The van der Waals surface area contributed by atoms with Gasteiger partial charge in [0.2, 0.25) is 0 Å². The summed E-state index contributed by atoms with van der Waals surface area (Å²) in [7, 11) is 1.70. The van der Waals surface area contributed by atoms with Gasteiger partial charge in [0.25, 0.3) is 0 Å². The first-order valence-corrected chi connectivity index (χ1v) is 7.75. The molecule has 1 atom stereocenters. The van der Waals surface area contributed by atoms with Gasteiger partial charge in [0.15, 0.2) is 0 Å². The Bertz CT molecular complexity index is 604. The summed E-state index contributed by atoms with van der Waals surface area (Å²) in [6.45, 7) is 0. The van der Waals surface area contributed by atoms with Crippen LogP contribution in [0.2, 0.25) is 0 Å². The van der Waals surface area contributed by atoms with Gasteiger partial charge in [0.1, 0.15) is 5.75 Å². The highest BCUT2D eigenvalue weighted by atomic mass is 16.5. The van der Waals surface area contributed by atoms with E-state index in [9.17, 15) is 0 Å². The van der Waals surface area contributed by atoms with E-state index in [4.69, 9.17) is 10.5 Å². The first-order valence-electron chi connectivity index (χ1n) is 7.75. The Labute approximate surface area is 126 Å². The van der Waals surface area contributed by atoms with Gasteiger partial charge >= 0.3 is 0 Å². The second-order valence-corrected chi connectivity index (χ2v) is 5.92. The monoisotopic (exact) mass is 281 g/mol. The maximum Gasteiger partial charge on any atom is 0.119 e. The summed E-state index contributed by atoms with van der Waals surface area (Å²) in [6.07, 6.45) is 4.82. The highest BCUT2D eigenvalue weighted by Gasteiger charge is 2.23. The molecule has 0 radical (unpaired) electrons. The van der Waals surface area contributed by atoms with Crippen LogP contribution < -0.4 is 10.5 Å². The van der Waals surface area contributed by atoms with E-state index >= 15 is 0 Å². The average Bonchev–Trinajstić information content (AvgIpc) is 2.46. The van der Waals surface area contributed by atoms with Crippen LogP contribution in [0.5, 0.6) is 5.75 Å². The van der Waals surface area contributed by atoms with Crippen LogP contribution >= 0.6 is 0 Å². The Balaban J connectivity index is 1.80.